The van der Waals surface area contributed by atoms with Gasteiger partial charge in [-0.15, -0.1) is 11.3 Å². The molecule has 2 N–H and O–H groups in total. The van der Waals surface area contributed by atoms with Gasteiger partial charge in [0.2, 0.25) is 0 Å². The Kier molecular flexibility index (Phi) is 3.61. The van der Waals surface area contributed by atoms with Crippen molar-refractivity contribution in [1.82, 2.24) is 20.1 Å². The number of carbonyl (C=O) groups excluding carboxylic acids is 1. The van der Waals surface area contributed by atoms with Crippen molar-refractivity contribution < 1.29 is 14.7 Å². The molecule has 0 radical (unpaired) electrons. The van der Waals surface area contributed by atoms with Gasteiger partial charge >= 0.3 is 5.97 Å². The van der Waals surface area contributed by atoms with Gasteiger partial charge in [0.25, 0.3) is 5.91 Å². The second-order valence-electron chi connectivity index (χ2n) is 3.91. The highest BCUT2D eigenvalue weighted by Gasteiger charge is 2.12. The zero-order chi connectivity index (χ0) is 14.0. The largest absolute Gasteiger partial charge is 0.476 e. The van der Waals surface area contributed by atoms with E-state index in [9.17, 15) is 9.59 Å². The van der Waals surface area contributed by atoms with Crippen molar-refractivity contribution in [2.45, 2.75) is 13.5 Å². The van der Waals surface area contributed by atoms with Crippen LogP contribution in [0, 0.1) is 6.92 Å². The van der Waals surface area contributed by atoms with E-state index in [4.69, 9.17) is 5.11 Å². The number of carbonyl (C=O) groups is 2. The SMILES string of the molecule is Cc1cc(C(=O)NCc2nc(C(=O)O)cs2)nn1C. The topological polar surface area (TPSA) is 97.1 Å². The van der Waals surface area contributed by atoms with Gasteiger partial charge in [0.05, 0.1) is 6.54 Å². The predicted molar refractivity (Wildman–Crippen MR) is 68.2 cm³/mol. The van der Waals surface area contributed by atoms with Crippen molar-refractivity contribution in [3.63, 3.8) is 0 Å². The Hall–Kier alpha value is -2.22. The number of thiazole rings is 1. The van der Waals surface area contributed by atoms with E-state index in [1.807, 2.05) is 6.92 Å². The molecular formula is C11H12N4O3S. The third kappa shape index (κ3) is 2.97. The summed E-state index contributed by atoms with van der Waals surface area (Å²) < 4.78 is 1.61. The smallest absolute Gasteiger partial charge is 0.355 e. The number of hydrogen-bond donors (Lipinski definition) is 2. The van der Waals surface area contributed by atoms with Gasteiger partial charge in [0.1, 0.15) is 10.7 Å². The first kappa shape index (κ1) is 13.2. The standard InChI is InChI=1S/C11H12N4O3S/c1-6-3-7(14-15(6)2)10(16)12-4-9-13-8(5-19-9)11(17)18/h3,5H,4H2,1-2H3,(H,12,16)(H,17,18). The van der Waals surface area contributed by atoms with Crippen LogP contribution in [-0.4, -0.2) is 31.7 Å². The molecule has 2 aromatic heterocycles. The summed E-state index contributed by atoms with van der Waals surface area (Å²) in [6, 6.07) is 1.68. The second kappa shape index (κ2) is 5.19. The molecule has 2 rings (SSSR count). The highest BCUT2D eigenvalue weighted by Crippen LogP contribution is 2.09. The summed E-state index contributed by atoms with van der Waals surface area (Å²) in [6.07, 6.45) is 0. The molecule has 0 bridgehead atoms. The van der Waals surface area contributed by atoms with E-state index in [0.29, 0.717) is 10.7 Å². The molecule has 0 saturated heterocycles. The Morgan fingerprint density at radius 2 is 2.21 bits per heavy atom. The van der Waals surface area contributed by atoms with E-state index in [2.05, 4.69) is 15.4 Å². The van der Waals surface area contributed by atoms with Crippen LogP contribution in [0.3, 0.4) is 0 Å². The van der Waals surface area contributed by atoms with Gasteiger partial charge in [-0.1, -0.05) is 0 Å². The molecule has 0 fully saturated rings. The highest BCUT2D eigenvalue weighted by atomic mass is 32.1. The van der Waals surface area contributed by atoms with Crippen LogP contribution in [-0.2, 0) is 13.6 Å². The molecule has 19 heavy (non-hydrogen) atoms. The lowest BCUT2D eigenvalue weighted by molar-refractivity contribution is 0.0691. The number of rotatable bonds is 4. The quantitative estimate of drug-likeness (QED) is 0.864. The number of carboxylic acids is 1. The van der Waals surface area contributed by atoms with Gasteiger partial charge in [-0.3, -0.25) is 9.48 Å². The van der Waals surface area contributed by atoms with Crippen molar-refractivity contribution in [2.24, 2.45) is 7.05 Å². The van der Waals surface area contributed by atoms with E-state index in [-0.39, 0.29) is 18.1 Å². The summed E-state index contributed by atoms with van der Waals surface area (Å²) in [6.45, 7) is 2.04. The van der Waals surface area contributed by atoms with Crippen LogP contribution in [0.25, 0.3) is 0 Å². The number of amides is 1. The van der Waals surface area contributed by atoms with Crippen molar-refractivity contribution in [1.29, 1.82) is 0 Å². The predicted octanol–water partition coefficient (Wildman–Crippen LogP) is 0.813. The molecule has 0 aromatic carbocycles. The first-order chi connectivity index (χ1) is 8.97. The van der Waals surface area contributed by atoms with Crippen molar-refractivity contribution in [3.8, 4) is 0 Å². The minimum atomic E-state index is -1.07. The molecule has 1 amide bonds. The van der Waals surface area contributed by atoms with Crippen LogP contribution in [0.4, 0.5) is 0 Å². The van der Waals surface area contributed by atoms with Crippen molar-refractivity contribution in [2.75, 3.05) is 0 Å². The Morgan fingerprint density at radius 3 is 2.74 bits per heavy atom. The van der Waals surface area contributed by atoms with Crippen molar-refractivity contribution in [3.05, 3.63) is 33.5 Å². The number of hydrogen-bond acceptors (Lipinski definition) is 5. The van der Waals surface area contributed by atoms with Gasteiger partial charge in [0.15, 0.2) is 5.69 Å². The number of aromatic carboxylic acids is 1. The maximum Gasteiger partial charge on any atom is 0.355 e. The maximum atomic E-state index is 11.8. The van der Waals surface area contributed by atoms with Crippen LogP contribution in [0.5, 0.6) is 0 Å². The summed E-state index contributed by atoms with van der Waals surface area (Å²) in [5.41, 5.74) is 1.20. The molecule has 0 aliphatic rings. The van der Waals surface area contributed by atoms with Crippen LogP contribution < -0.4 is 5.32 Å². The summed E-state index contributed by atoms with van der Waals surface area (Å²) in [5, 5.41) is 17.4. The molecule has 7 nitrogen and oxygen atoms in total. The monoisotopic (exact) mass is 280 g/mol. The Balaban J connectivity index is 1.98. The van der Waals surface area contributed by atoms with Crippen LogP contribution >= 0.6 is 11.3 Å². The summed E-state index contributed by atoms with van der Waals surface area (Å²) in [7, 11) is 1.76. The summed E-state index contributed by atoms with van der Waals surface area (Å²) >= 11 is 1.19. The summed E-state index contributed by atoms with van der Waals surface area (Å²) in [4.78, 5) is 26.3. The zero-order valence-electron chi connectivity index (χ0n) is 10.4. The van der Waals surface area contributed by atoms with E-state index < -0.39 is 5.97 Å². The molecule has 8 heteroatoms. The number of aryl methyl sites for hydroxylation is 2. The lowest BCUT2D eigenvalue weighted by Crippen LogP contribution is -2.23. The number of nitrogens with one attached hydrogen (secondary N) is 1. The fourth-order valence-electron chi connectivity index (χ4n) is 1.41. The molecule has 2 aromatic rings. The Bertz CT molecular complexity index is 612. The minimum Gasteiger partial charge on any atom is -0.476 e. The Morgan fingerprint density at radius 1 is 1.47 bits per heavy atom. The first-order valence-electron chi connectivity index (χ1n) is 5.44. The average Bonchev–Trinajstić information content (AvgIpc) is 2.94. The van der Waals surface area contributed by atoms with Crippen LogP contribution in [0.15, 0.2) is 11.4 Å². The van der Waals surface area contributed by atoms with Crippen LogP contribution in [0.1, 0.15) is 31.7 Å². The number of aromatic nitrogens is 3. The molecule has 0 spiro atoms. The molecule has 0 unspecified atom stereocenters. The summed E-state index contributed by atoms with van der Waals surface area (Å²) in [5.74, 6) is -1.38. The molecule has 0 aliphatic carbocycles. The molecular weight excluding hydrogens is 268 g/mol. The van der Waals surface area contributed by atoms with Gasteiger partial charge in [-0.25, -0.2) is 9.78 Å². The van der Waals surface area contributed by atoms with E-state index in [0.717, 1.165) is 5.69 Å². The van der Waals surface area contributed by atoms with Gasteiger partial charge < -0.3 is 10.4 Å². The molecule has 100 valence electrons. The third-order valence-corrected chi connectivity index (χ3v) is 3.37. The number of nitrogens with zero attached hydrogens (tertiary/aromatic N) is 3. The fourth-order valence-corrected chi connectivity index (χ4v) is 2.12. The van der Waals surface area contributed by atoms with E-state index in [1.54, 1.807) is 17.8 Å². The number of carboxylic acid groups (broad SMARTS) is 1. The van der Waals surface area contributed by atoms with Crippen molar-refractivity contribution >= 4 is 23.2 Å². The zero-order valence-corrected chi connectivity index (χ0v) is 11.2. The van der Waals surface area contributed by atoms with E-state index >= 15 is 0 Å². The highest BCUT2D eigenvalue weighted by molar-refractivity contribution is 7.09. The van der Waals surface area contributed by atoms with E-state index in [1.165, 1.54) is 16.7 Å². The third-order valence-electron chi connectivity index (χ3n) is 2.52. The maximum absolute atomic E-state index is 11.8. The van der Waals surface area contributed by atoms with Gasteiger partial charge in [-0.2, -0.15) is 5.10 Å². The van der Waals surface area contributed by atoms with Gasteiger partial charge in [0, 0.05) is 18.1 Å². The first-order valence-corrected chi connectivity index (χ1v) is 6.32. The minimum absolute atomic E-state index is 0.0112. The van der Waals surface area contributed by atoms with Gasteiger partial charge in [-0.05, 0) is 13.0 Å². The second-order valence-corrected chi connectivity index (χ2v) is 4.85. The average molecular weight is 280 g/mol. The normalized spacial score (nSPS) is 10.4. The Labute approximate surface area is 112 Å². The lowest BCUT2D eigenvalue weighted by atomic mass is 10.3. The molecule has 0 saturated carbocycles. The lowest BCUT2D eigenvalue weighted by Gasteiger charge is -1.99. The molecule has 0 aliphatic heterocycles. The molecule has 2 heterocycles. The van der Waals surface area contributed by atoms with Crippen LogP contribution in [0.2, 0.25) is 0 Å². The fraction of sp³-hybridized carbons (Fsp3) is 0.273. The molecule has 0 atom stereocenters.